The lowest BCUT2D eigenvalue weighted by Crippen LogP contribution is -2.30. The number of ether oxygens (including phenoxy) is 2. The highest BCUT2D eigenvalue weighted by Gasteiger charge is 2.32. The van der Waals surface area contributed by atoms with Gasteiger partial charge in [0.15, 0.2) is 11.5 Å². The smallest absolute Gasteiger partial charge is 0.276 e. The van der Waals surface area contributed by atoms with Crippen LogP contribution >= 0.6 is 0 Å². The van der Waals surface area contributed by atoms with Crippen molar-refractivity contribution in [3.63, 3.8) is 0 Å². The standard InChI is InChI=1S/C22H22N2O4/c1-26-17-10-8-15(9-11-17)21-14-19(23-28-21)22(25)24-12-4-7-20(24)16-5-3-6-18(13-16)27-2/h3,5-6,8-11,13-14,20H,4,7,12H2,1-2H3/t20-/m0/s1. The van der Waals surface area contributed by atoms with Gasteiger partial charge in [0.25, 0.3) is 5.91 Å². The van der Waals surface area contributed by atoms with E-state index >= 15 is 0 Å². The number of nitrogens with zero attached hydrogens (tertiary/aromatic N) is 2. The molecule has 0 aliphatic carbocycles. The molecule has 6 nitrogen and oxygen atoms in total. The van der Waals surface area contributed by atoms with Crippen molar-refractivity contribution in [2.45, 2.75) is 18.9 Å². The van der Waals surface area contributed by atoms with Crippen molar-refractivity contribution in [3.05, 3.63) is 65.9 Å². The first-order valence-corrected chi connectivity index (χ1v) is 9.25. The first kappa shape index (κ1) is 18.1. The van der Waals surface area contributed by atoms with Crippen LogP contribution in [0.5, 0.6) is 11.5 Å². The van der Waals surface area contributed by atoms with Gasteiger partial charge in [0.05, 0.1) is 20.3 Å². The minimum atomic E-state index is -0.117. The molecule has 1 saturated heterocycles. The highest BCUT2D eigenvalue weighted by Crippen LogP contribution is 2.35. The lowest BCUT2D eigenvalue weighted by molar-refractivity contribution is 0.0725. The van der Waals surface area contributed by atoms with Crippen LogP contribution in [0.15, 0.2) is 59.1 Å². The van der Waals surface area contributed by atoms with Gasteiger partial charge in [0.2, 0.25) is 0 Å². The fraction of sp³-hybridized carbons (Fsp3) is 0.273. The van der Waals surface area contributed by atoms with E-state index < -0.39 is 0 Å². The highest BCUT2D eigenvalue weighted by molar-refractivity contribution is 5.93. The van der Waals surface area contributed by atoms with Gasteiger partial charge in [-0.15, -0.1) is 0 Å². The number of amides is 1. The minimum absolute atomic E-state index is 0.0173. The molecule has 2 heterocycles. The Bertz CT molecular complexity index is 965. The lowest BCUT2D eigenvalue weighted by atomic mass is 10.0. The third kappa shape index (κ3) is 3.45. The monoisotopic (exact) mass is 378 g/mol. The first-order valence-electron chi connectivity index (χ1n) is 9.25. The molecule has 3 aromatic rings. The average molecular weight is 378 g/mol. The minimum Gasteiger partial charge on any atom is -0.497 e. The summed E-state index contributed by atoms with van der Waals surface area (Å²) in [5.41, 5.74) is 2.24. The first-order chi connectivity index (χ1) is 13.7. The maximum absolute atomic E-state index is 13.1. The summed E-state index contributed by atoms with van der Waals surface area (Å²) in [4.78, 5) is 14.9. The van der Waals surface area contributed by atoms with Crippen molar-refractivity contribution in [1.29, 1.82) is 0 Å². The van der Waals surface area contributed by atoms with Gasteiger partial charge >= 0.3 is 0 Å². The molecule has 0 bridgehead atoms. The molecule has 28 heavy (non-hydrogen) atoms. The molecule has 0 N–H and O–H groups in total. The third-order valence-corrected chi connectivity index (χ3v) is 5.10. The van der Waals surface area contributed by atoms with Gasteiger partial charge in [-0.25, -0.2) is 0 Å². The number of benzene rings is 2. The normalized spacial score (nSPS) is 16.2. The zero-order valence-corrected chi connectivity index (χ0v) is 15.9. The Kier molecular flexibility index (Phi) is 5.02. The van der Waals surface area contributed by atoms with Crippen LogP contribution in [0.4, 0.5) is 0 Å². The Hall–Kier alpha value is -3.28. The van der Waals surface area contributed by atoms with E-state index in [-0.39, 0.29) is 11.9 Å². The van der Waals surface area contributed by atoms with Gasteiger partial charge < -0.3 is 18.9 Å². The van der Waals surface area contributed by atoms with Crippen LogP contribution in [-0.2, 0) is 0 Å². The second kappa shape index (κ2) is 7.76. The van der Waals surface area contributed by atoms with Crippen molar-refractivity contribution in [3.8, 4) is 22.8 Å². The van der Waals surface area contributed by atoms with Crippen molar-refractivity contribution in [1.82, 2.24) is 10.1 Å². The van der Waals surface area contributed by atoms with Gasteiger partial charge in [-0.3, -0.25) is 4.79 Å². The molecule has 1 amide bonds. The van der Waals surface area contributed by atoms with E-state index in [1.54, 1.807) is 20.3 Å². The van der Waals surface area contributed by atoms with Crippen molar-refractivity contribution >= 4 is 5.91 Å². The number of hydrogen-bond acceptors (Lipinski definition) is 5. The van der Waals surface area contributed by atoms with Gasteiger partial charge in [-0.2, -0.15) is 0 Å². The second-order valence-corrected chi connectivity index (χ2v) is 6.74. The molecule has 1 aromatic heterocycles. The highest BCUT2D eigenvalue weighted by atomic mass is 16.5. The predicted octanol–water partition coefficient (Wildman–Crippen LogP) is 4.34. The Morgan fingerprint density at radius 1 is 1.07 bits per heavy atom. The van der Waals surface area contributed by atoms with Crippen LogP contribution in [0, 0.1) is 0 Å². The zero-order chi connectivity index (χ0) is 19.5. The van der Waals surface area contributed by atoms with E-state index in [2.05, 4.69) is 5.16 Å². The fourth-order valence-electron chi connectivity index (χ4n) is 3.62. The zero-order valence-electron chi connectivity index (χ0n) is 15.9. The fourth-order valence-corrected chi connectivity index (χ4v) is 3.62. The number of rotatable bonds is 5. The van der Waals surface area contributed by atoms with E-state index in [1.165, 1.54) is 0 Å². The molecule has 1 atom stereocenters. The molecular weight excluding hydrogens is 356 g/mol. The summed E-state index contributed by atoms with van der Waals surface area (Å²) in [7, 11) is 3.27. The van der Waals surface area contributed by atoms with E-state index in [4.69, 9.17) is 14.0 Å². The predicted molar refractivity (Wildman–Crippen MR) is 104 cm³/mol. The van der Waals surface area contributed by atoms with Crippen LogP contribution in [0.1, 0.15) is 34.9 Å². The topological polar surface area (TPSA) is 64.8 Å². The summed E-state index contributed by atoms with van der Waals surface area (Å²) < 4.78 is 15.9. The number of carbonyl (C=O) groups excluding carboxylic acids is 1. The maximum atomic E-state index is 13.1. The van der Waals surface area contributed by atoms with Gasteiger partial charge in [-0.1, -0.05) is 17.3 Å². The van der Waals surface area contributed by atoms with Gasteiger partial charge in [0.1, 0.15) is 11.5 Å². The van der Waals surface area contributed by atoms with Crippen LogP contribution < -0.4 is 9.47 Å². The molecule has 2 aromatic carbocycles. The summed E-state index contributed by atoms with van der Waals surface area (Å²) in [6.45, 7) is 0.700. The summed E-state index contributed by atoms with van der Waals surface area (Å²) in [5, 5.41) is 4.02. The molecule has 0 unspecified atom stereocenters. The van der Waals surface area contributed by atoms with Gasteiger partial charge in [0, 0.05) is 18.2 Å². The molecule has 1 aliphatic heterocycles. The molecule has 6 heteroatoms. The van der Waals surface area contributed by atoms with Crippen LogP contribution in [0.2, 0.25) is 0 Å². The number of likely N-dealkylation sites (tertiary alicyclic amines) is 1. The molecule has 144 valence electrons. The number of hydrogen-bond donors (Lipinski definition) is 0. The molecular formula is C22H22N2O4. The Labute approximate surface area is 163 Å². The summed E-state index contributed by atoms with van der Waals surface area (Å²) >= 11 is 0. The third-order valence-electron chi connectivity index (χ3n) is 5.10. The van der Waals surface area contributed by atoms with Crippen LogP contribution in [-0.4, -0.2) is 36.7 Å². The molecule has 0 radical (unpaired) electrons. The number of methoxy groups -OCH3 is 2. The van der Waals surface area contributed by atoms with Gasteiger partial charge in [-0.05, 0) is 54.8 Å². The number of carbonyl (C=O) groups is 1. The molecule has 1 aliphatic rings. The molecule has 0 saturated carbocycles. The van der Waals surface area contributed by atoms with Crippen LogP contribution in [0.25, 0.3) is 11.3 Å². The van der Waals surface area contributed by atoms with Crippen molar-refractivity contribution in [2.24, 2.45) is 0 Å². The van der Waals surface area contributed by atoms with Crippen molar-refractivity contribution in [2.75, 3.05) is 20.8 Å². The maximum Gasteiger partial charge on any atom is 0.276 e. The Morgan fingerprint density at radius 3 is 2.61 bits per heavy atom. The molecule has 4 rings (SSSR count). The van der Waals surface area contributed by atoms with E-state index in [0.29, 0.717) is 18.0 Å². The lowest BCUT2D eigenvalue weighted by Gasteiger charge is -2.24. The van der Waals surface area contributed by atoms with E-state index in [9.17, 15) is 4.79 Å². The largest absolute Gasteiger partial charge is 0.497 e. The molecule has 0 spiro atoms. The summed E-state index contributed by atoms with van der Waals surface area (Å²) in [5.74, 6) is 2.00. The summed E-state index contributed by atoms with van der Waals surface area (Å²) in [6, 6.07) is 17.0. The Morgan fingerprint density at radius 2 is 1.86 bits per heavy atom. The van der Waals surface area contributed by atoms with Crippen LogP contribution in [0.3, 0.4) is 0 Å². The Balaban J connectivity index is 1.55. The van der Waals surface area contributed by atoms with E-state index in [1.807, 2.05) is 53.4 Å². The SMILES string of the molecule is COc1ccc(-c2cc(C(=O)N3CCC[C@H]3c3cccc(OC)c3)no2)cc1. The average Bonchev–Trinajstić information content (AvgIpc) is 3.43. The second-order valence-electron chi connectivity index (χ2n) is 6.74. The molecule has 1 fully saturated rings. The van der Waals surface area contributed by atoms with Crippen molar-refractivity contribution < 1.29 is 18.8 Å². The number of aromatic nitrogens is 1. The van der Waals surface area contributed by atoms with E-state index in [0.717, 1.165) is 35.5 Å². The summed E-state index contributed by atoms with van der Waals surface area (Å²) in [6.07, 6.45) is 1.87. The quantitative estimate of drug-likeness (QED) is 0.661.